The first-order valence-corrected chi connectivity index (χ1v) is 10.6. The lowest BCUT2D eigenvalue weighted by Crippen LogP contribution is -2.36. The van der Waals surface area contributed by atoms with E-state index in [2.05, 4.69) is 29.3 Å². The van der Waals surface area contributed by atoms with E-state index < -0.39 is 0 Å². The van der Waals surface area contributed by atoms with Gasteiger partial charge in [0.1, 0.15) is 0 Å². The Labute approximate surface area is 178 Å². The minimum atomic E-state index is -0.258. The van der Waals surface area contributed by atoms with Gasteiger partial charge in [-0.15, -0.1) is 11.3 Å². The van der Waals surface area contributed by atoms with Crippen LogP contribution >= 0.6 is 34.5 Å². The molecule has 0 unspecified atom stereocenters. The molecule has 0 bridgehead atoms. The summed E-state index contributed by atoms with van der Waals surface area (Å²) >= 11 is 13.6. The van der Waals surface area contributed by atoms with Crippen LogP contribution in [0.2, 0.25) is 10.0 Å². The third-order valence-corrected chi connectivity index (χ3v) is 6.04. The quantitative estimate of drug-likeness (QED) is 0.503. The van der Waals surface area contributed by atoms with Crippen molar-refractivity contribution >= 4 is 40.4 Å². The topological polar surface area (TPSA) is 68.0 Å². The van der Waals surface area contributed by atoms with Gasteiger partial charge >= 0.3 is 0 Å². The number of carbonyl (C=O) groups excluding carboxylic acids is 1. The van der Waals surface area contributed by atoms with Gasteiger partial charge in [-0.25, -0.2) is 0 Å². The fourth-order valence-corrected chi connectivity index (χ4v) is 3.64. The Hall–Kier alpha value is -1.89. The molecule has 0 spiro atoms. The standard InChI is InChI=1S/C20H21Cl2N3O2S/c1-20(2,13-8-9-14(21)15(22)11-13)12-23-17(26)6-3-7-18-24-19(25-27-18)16-5-4-10-28-16/h4-5,8-11H,3,6-7,12H2,1-2H3,(H,23,26). The summed E-state index contributed by atoms with van der Waals surface area (Å²) in [4.78, 5) is 17.5. The minimum Gasteiger partial charge on any atom is -0.355 e. The highest BCUT2D eigenvalue weighted by Crippen LogP contribution is 2.29. The van der Waals surface area contributed by atoms with Crippen LogP contribution in [-0.2, 0) is 16.6 Å². The number of benzene rings is 1. The maximum atomic E-state index is 12.2. The zero-order valence-corrected chi connectivity index (χ0v) is 18.0. The lowest BCUT2D eigenvalue weighted by molar-refractivity contribution is -0.121. The number of amides is 1. The van der Waals surface area contributed by atoms with E-state index in [9.17, 15) is 4.79 Å². The first-order valence-electron chi connectivity index (χ1n) is 8.94. The van der Waals surface area contributed by atoms with Crippen molar-refractivity contribution in [2.45, 2.75) is 38.5 Å². The Morgan fingerprint density at radius 2 is 2.07 bits per heavy atom. The monoisotopic (exact) mass is 437 g/mol. The smallest absolute Gasteiger partial charge is 0.226 e. The van der Waals surface area contributed by atoms with E-state index in [0.29, 0.717) is 47.6 Å². The maximum absolute atomic E-state index is 12.2. The highest BCUT2D eigenvalue weighted by molar-refractivity contribution is 7.13. The summed E-state index contributed by atoms with van der Waals surface area (Å²) in [5.41, 5.74) is 0.764. The largest absolute Gasteiger partial charge is 0.355 e. The highest BCUT2D eigenvalue weighted by Gasteiger charge is 2.22. The second-order valence-electron chi connectivity index (χ2n) is 7.13. The van der Waals surface area contributed by atoms with Gasteiger partial charge in [0.05, 0.1) is 14.9 Å². The summed E-state index contributed by atoms with van der Waals surface area (Å²) < 4.78 is 5.25. The van der Waals surface area contributed by atoms with Crippen molar-refractivity contribution in [3.05, 3.63) is 57.2 Å². The molecule has 28 heavy (non-hydrogen) atoms. The van der Waals surface area contributed by atoms with Gasteiger partial charge in [0.15, 0.2) is 0 Å². The number of hydrogen-bond acceptors (Lipinski definition) is 5. The molecule has 2 aromatic heterocycles. The Balaban J connectivity index is 1.45. The normalized spacial score (nSPS) is 11.6. The third-order valence-electron chi connectivity index (χ3n) is 4.43. The molecule has 5 nitrogen and oxygen atoms in total. The SMILES string of the molecule is CC(C)(CNC(=O)CCCc1nc(-c2cccs2)no1)c1ccc(Cl)c(Cl)c1. The van der Waals surface area contributed by atoms with Crippen molar-refractivity contribution in [3.8, 4) is 10.7 Å². The molecule has 0 aliphatic heterocycles. The van der Waals surface area contributed by atoms with Gasteiger partial charge in [-0.2, -0.15) is 4.98 Å². The predicted molar refractivity (Wildman–Crippen MR) is 113 cm³/mol. The average Bonchev–Trinajstić information content (AvgIpc) is 3.34. The first-order chi connectivity index (χ1) is 13.3. The fourth-order valence-electron chi connectivity index (χ4n) is 2.69. The summed E-state index contributed by atoms with van der Waals surface area (Å²) in [6.45, 7) is 4.61. The first kappa shape index (κ1) is 20.8. The molecule has 1 N–H and O–H groups in total. The number of halogens is 2. The van der Waals surface area contributed by atoms with E-state index >= 15 is 0 Å². The predicted octanol–water partition coefficient (Wildman–Crippen LogP) is 5.52. The number of aryl methyl sites for hydroxylation is 1. The van der Waals surface area contributed by atoms with Crippen LogP contribution in [0.5, 0.6) is 0 Å². The molecule has 0 aliphatic rings. The summed E-state index contributed by atoms with van der Waals surface area (Å²) in [5, 5.41) is 9.97. The van der Waals surface area contributed by atoms with E-state index in [-0.39, 0.29) is 11.3 Å². The molecule has 0 aliphatic carbocycles. The van der Waals surface area contributed by atoms with E-state index in [1.54, 1.807) is 17.4 Å². The zero-order chi connectivity index (χ0) is 20.1. The maximum Gasteiger partial charge on any atom is 0.226 e. The molecule has 3 rings (SSSR count). The third kappa shape index (κ3) is 5.34. The number of rotatable bonds is 8. The Kier molecular flexibility index (Phi) is 6.75. The van der Waals surface area contributed by atoms with Crippen LogP contribution in [-0.4, -0.2) is 22.6 Å². The van der Waals surface area contributed by atoms with Gasteiger partial charge in [-0.3, -0.25) is 4.79 Å². The Morgan fingerprint density at radius 3 is 2.79 bits per heavy atom. The van der Waals surface area contributed by atoms with Crippen molar-refractivity contribution in [1.29, 1.82) is 0 Å². The molecule has 1 aromatic carbocycles. The van der Waals surface area contributed by atoms with Crippen LogP contribution in [0.4, 0.5) is 0 Å². The molecule has 148 valence electrons. The fraction of sp³-hybridized carbons (Fsp3) is 0.350. The van der Waals surface area contributed by atoms with Gasteiger partial charge < -0.3 is 9.84 Å². The minimum absolute atomic E-state index is 0.00821. The molecule has 0 radical (unpaired) electrons. The van der Waals surface area contributed by atoms with Crippen LogP contribution < -0.4 is 5.32 Å². The molecule has 2 heterocycles. The van der Waals surface area contributed by atoms with Crippen LogP contribution in [0.3, 0.4) is 0 Å². The molecule has 0 fully saturated rings. The molecule has 0 saturated heterocycles. The summed E-state index contributed by atoms with van der Waals surface area (Å²) in [6.07, 6.45) is 1.61. The van der Waals surface area contributed by atoms with Gasteiger partial charge in [0, 0.05) is 24.8 Å². The van der Waals surface area contributed by atoms with Gasteiger partial charge in [0.2, 0.25) is 17.6 Å². The molecule has 1 amide bonds. The van der Waals surface area contributed by atoms with E-state index in [1.165, 1.54) is 0 Å². The van der Waals surface area contributed by atoms with Crippen molar-refractivity contribution in [3.63, 3.8) is 0 Å². The molecule has 8 heteroatoms. The van der Waals surface area contributed by atoms with Crippen molar-refractivity contribution < 1.29 is 9.32 Å². The van der Waals surface area contributed by atoms with Crippen molar-refractivity contribution in [1.82, 2.24) is 15.5 Å². The molecular weight excluding hydrogens is 417 g/mol. The average molecular weight is 438 g/mol. The van der Waals surface area contributed by atoms with Crippen LogP contribution in [0.1, 0.15) is 38.1 Å². The zero-order valence-electron chi connectivity index (χ0n) is 15.7. The van der Waals surface area contributed by atoms with E-state index in [1.807, 2.05) is 29.6 Å². The van der Waals surface area contributed by atoms with Crippen LogP contribution in [0, 0.1) is 0 Å². The lowest BCUT2D eigenvalue weighted by atomic mass is 9.84. The van der Waals surface area contributed by atoms with Crippen molar-refractivity contribution in [2.24, 2.45) is 0 Å². The highest BCUT2D eigenvalue weighted by atomic mass is 35.5. The van der Waals surface area contributed by atoms with Gasteiger partial charge in [0.25, 0.3) is 0 Å². The number of nitrogens with one attached hydrogen (secondary N) is 1. The summed E-state index contributed by atoms with van der Waals surface area (Å²) in [5.74, 6) is 1.14. The number of hydrogen-bond donors (Lipinski definition) is 1. The van der Waals surface area contributed by atoms with Gasteiger partial charge in [-0.05, 0) is 35.6 Å². The Bertz CT molecular complexity index is 939. The molecule has 3 aromatic rings. The molecular formula is C20H21Cl2N3O2S. The second-order valence-corrected chi connectivity index (χ2v) is 8.89. The number of aromatic nitrogens is 2. The van der Waals surface area contributed by atoms with Crippen molar-refractivity contribution in [2.75, 3.05) is 6.54 Å². The number of carbonyl (C=O) groups is 1. The van der Waals surface area contributed by atoms with E-state index in [0.717, 1.165) is 10.4 Å². The van der Waals surface area contributed by atoms with Gasteiger partial charge in [-0.1, -0.05) is 54.3 Å². The lowest BCUT2D eigenvalue weighted by Gasteiger charge is -2.26. The molecule has 0 atom stereocenters. The molecule has 0 saturated carbocycles. The van der Waals surface area contributed by atoms with Crippen LogP contribution in [0.15, 0.2) is 40.2 Å². The van der Waals surface area contributed by atoms with Crippen LogP contribution in [0.25, 0.3) is 10.7 Å². The van der Waals surface area contributed by atoms with E-state index in [4.69, 9.17) is 27.7 Å². The Morgan fingerprint density at radius 1 is 1.25 bits per heavy atom. The number of thiophene rings is 1. The number of nitrogens with zero attached hydrogens (tertiary/aromatic N) is 2. The summed E-state index contributed by atoms with van der Waals surface area (Å²) in [6, 6.07) is 9.44. The summed E-state index contributed by atoms with van der Waals surface area (Å²) in [7, 11) is 0. The second kappa shape index (κ2) is 9.07.